The highest BCUT2D eigenvalue weighted by Crippen LogP contribution is 2.33. The summed E-state index contributed by atoms with van der Waals surface area (Å²) in [6.45, 7) is -0.112. The Kier molecular flexibility index (Phi) is 43.2. The maximum Gasteiger partial charge on any atom is 0.306 e. The van der Waals surface area contributed by atoms with E-state index in [-0.39, 0.29) is 185 Å². The van der Waals surface area contributed by atoms with E-state index in [1.54, 1.807) is 0 Å². The van der Waals surface area contributed by atoms with Gasteiger partial charge in [-0.1, -0.05) is 243 Å². The zero-order chi connectivity index (χ0) is 98.0. The molecule has 0 saturated carbocycles. The van der Waals surface area contributed by atoms with Crippen LogP contribution in [-0.2, 0) is 157 Å². The molecule has 0 aromatic heterocycles. The van der Waals surface area contributed by atoms with Crippen molar-refractivity contribution in [3.63, 3.8) is 0 Å². The lowest BCUT2D eigenvalue weighted by molar-refractivity contribution is -0.245. The van der Waals surface area contributed by atoms with Gasteiger partial charge in [-0.05, 0) is 0 Å². The Hall–Kier alpha value is -9.48. The summed E-state index contributed by atoms with van der Waals surface area (Å²) in [4.78, 5) is 60.0. The van der Waals surface area contributed by atoms with Crippen molar-refractivity contribution in [1.29, 1.82) is 0 Å². The van der Waals surface area contributed by atoms with Gasteiger partial charge in [-0.2, -0.15) is 0 Å². The summed E-state index contributed by atoms with van der Waals surface area (Å²) in [5, 5.41) is 6.15. The minimum Gasteiger partial charge on any atom is -0.469 e. The molecule has 36 heteroatoms. The Balaban J connectivity index is 0.651. The minimum absolute atomic E-state index is 0.0579. The van der Waals surface area contributed by atoms with Crippen molar-refractivity contribution in [3.8, 4) is 0 Å². The number of nitrogens with zero attached hydrogens (tertiary/aromatic N) is 1. The Labute approximate surface area is 832 Å². The molecule has 3 amide bonds. The van der Waals surface area contributed by atoms with E-state index in [1.165, 1.54) is 7.11 Å². The Morgan fingerprint density at radius 1 is 0.245 bits per heavy atom. The summed E-state index contributed by atoms with van der Waals surface area (Å²) >= 11 is 0. The number of carbonyl (C=O) groups is 4. The van der Waals surface area contributed by atoms with Crippen LogP contribution in [0.3, 0.4) is 0 Å². The molecule has 8 aromatic rings. The number of amides is 3. The van der Waals surface area contributed by atoms with Crippen LogP contribution in [-0.4, -0.2) is 319 Å². The van der Waals surface area contributed by atoms with Crippen LogP contribution in [0, 0.1) is 0 Å². The van der Waals surface area contributed by atoms with Crippen LogP contribution < -0.4 is 10.6 Å². The van der Waals surface area contributed by atoms with Crippen molar-refractivity contribution in [1.82, 2.24) is 15.5 Å². The van der Waals surface area contributed by atoms with Crippen molar-refractivity contribution in [2.75, 3.05) is 205 Å². The molecule has 8 aliphatic rings. The molecule has 0 spiro atoms. The van der Waals surface area contributed by atoms with E-state index in [2.05, 4.69) is 10.6 Å². The van der Waals surface area contributed by atoms with E-state index in [4.69, 9.17) is 137 Å². The fourth-order valence-electron chi connectivity index (χ4n) is 16.5. The van der Waals surface area contributed by atoms with E-state index in [1.807, 2.05) is 243 Å². The number of rotatable bonds is 53. The van der Waals surface area contributed by atoms with Gasteiger partial charge >= 0.3 is 5.97 Å². The number of nitrogens with one attached hydrogen (secondary N) is 2. The highest BCUT2D eigenvalue weighted by molar-refractivity contribution is 5.90. The van der Waals surface area contributed by atoms with Crippen LogP contribution >= 0.6 is 0 Å². The molecule has 0 bridgehead atoms. The van der Waals surface area contributed by atoms with E-state index in [0.717, 1.165) is 49.4 Å². The first kappa shape index (κ1) is 106. The van der Waals surface area contributed by atoms with Gasteiger partial charge in [0.05, 0.1) is 211 Å². The van der Waals surface area contributed by atoms with Gasteiger partial charge in [0.2, 0.25) is 17.7 Å². The number of carbonyl (C=O) groups excluding carboxylic acids is 4. The fraction of sp³-hybridized carbons (Fsp3) is 0.514. The zero-order valence-electron chi connectivity index (χ0n) is 80.3. The highest BCUT2D eigenvalue weighted by Gasteiger charge is 2.37. The monoisotopic (exact) mass is 1990 g/mol. The highest BCUT2D eigenvalue weighted by atomic mass is 16.8. The number of hydrogen-bond acceptors (Lipinski definition) is 33. The third kappa shape index (κ3) is 35.1. The maximum atomic E-state index is 15.5. The Morgan fingerprint density at radius 2 is 0.406 bits per heavy atom. The molecule has 8 fully saturated rings. The molecular formula is C107H131N3O33. The molecule has 2 N–H and O–H groups in total. The molecule has 143 heavy (non-hydrogen) atoms. The number of methoxy groups -OCH3 is 1. The van der Waals surface area contributed by atoms with E-state index < -0.39 is 185 Å². The number of benzene rings is 8. The first-order valence-electron chi connectivity index (χ1n) is 49.0. The second-order valence-electron chi connectivity index (χ2n) is 35.6. The lowest BCUT2D eigenvalue weighted by Crippen LogP contribution is -2.52. The summed E-state index contributed by atoms with van der Waals surface area (Å²) < 4.78 is 184. The Morgan fingerprint density at radius 3 is 0.559 bits per heavy atom. The standard InChI is InChI=1S/C107H131N3O33/c1-115-99(114)43-42-98(113)110(44-96(111)108-82(46-116-84(50-120-88-58-128-100(129-59-88)74-26-10-2-11-27-74)51-121-89-60-130-101(131-61-89)75-28-12-3-13-29-75)47-117-85(52-122-90-62-132-102(133-63-90)76-30-14-4-15-31-76)53-123-91-64-134-103(135-65-91)77-32-16-5-17-33-77)45-97(112)109-83(48-118-86(54-124-92-66-136-104(137-67-92)78-34-18-6-19-35-78)55-125-93-68-138-105(139-69-93)79-36-20-7-21-37-79)49-119-87(56-126-94-70-140-106(141-71-94)80-38-22-8-23-39-80)57-127-95-72-142-107(143-73-95)81-40-24-9-25-41-81/h2-41,82-95,100-107H,42-73H2,1H3,(H,108,111)(H,109,112). The predicted molar refractivity (Wildman–Crippen MR) is 507 cm³/mol. The van der Waals surface area contributed by atoms with Gasteiger partial charge in [-0.15, -0.1) is 0 Å². The molecule has 36 nitrogen and oxygen atoms in total. The van der Waals surface area contributed by atoms with Crippen molar-refractivity contribution in [2.24, 2.45) is 0 Å². The molecule has 0 unspecified atom stereocenters. The average molecular weight is 1990 g/mol. The topological polar surface area (TPSA) is 363 Å². The van der Waals surface area contributed by atoms with Crippen molar-refractivity contribution < 1.29 is 157 Å². The van der Waals surface area contributed by atoms with E-state index in [9.17, 15) is 4.79 Å². The number of esters is 1. The predicted octanol–water partition coefficient (Wildman–Crippen LogP) is 10.3. The number of ether oxygens (including phenoxy) is 29. The molecule has 772 valence electrons. The SMILES string of the molecule is COC(=O)CCC(=O)N(CC(=O)NC(COC(COC1COC(c2ccccc2)OC1)COC1COC(c2ccccc2)OC1)COC(COC1COC(c2ccccc2)OC1)COC1COC(c2ccccc2)OC1)CC(=O)NC(COC(COC1COC(c2ccccc2)OC1)COC1COC(c2ccccc2)OC1)COC(COC1COC(c2ccccc2)OC1)COC1COC(c2ccccc2)OC1. The smallest absolute Gasteiger partial charge is 0.306 e. The molecule has 8 heterocycles. The molecule has 0 radical (unpaired) electrons. The first-order chi connectivity index (χ1) is 70.4. The second-order valence-corrected chi connectivity index (χ2v) is 35.6. The van der Waals surface area contributed by atoms with Gasteiger partial charge in [0.15, 0.2) is 50.3 Å². The van der Waals surface area contributed by atoms with Gasteiger partial charge < -0.3 is 153 Å². The zero-order valence-corrected chi connectivity index (χ0v) is 80.3. The molecule has 16 rings (SSSR count). The molecule has 8 aliphatic heterocycles. The van der Waals surface area contributed by atoms with E-state index >= 15 is 14.4 Å². The lowest BCUT2D eigenvalue weighted by atomic mass is 10.2. The quantitative estimate of drug-likeness (QED) is 0.0334. The molecule has 8 saturated heterocycles. The first-order valence-corrected chi connectivity index (χ1v) is 49.0. The third-order valence-electron chi connectivity index (χ3n) is 24.3. The summed E-state index contributed by atoms with van der Waals surface area (Å²) in [5.74, 6) is -3.02. The van der Waals surface area contributed by atoms with Crippen LogP contribution in [0.5, 0.6) is 0 Å². The molecule has 8 aromatic carbocycles. The maximum absolute atomic E-state index is 15.5. The van der Waals surface area contributed by atoms with Gasteiger partial charge in [0.1, 0.15) is 86.3 Å². The van der Waals surface area contributed by atoms with Gasteiger partial charge in [-0.3, -0.25) is 19.2 Å². The van der Waals surface area contributed by atoms with Crippen LogP contribution in [0.4, 0.5) is 0 Å². The van der Waals surface area contributed by atoms with Gasteiger partial charge in [0.25, 0.3) is 0 Å². The second kappa shape index (κ2) is 58.2. The average Bonchev–Trinajstić information content (AvgIpc) is 0.823. The van der Waals surface area contributed by atoms with Crippen LogP contribution in [0.15, 0.2) is 243 Å². The Bertz CT molecular complexity index is 4060. The van der Waals surface area contributed by atoms with Crippen LogP contribution in [0.2, 0.25) is 0 Å². The van der Waals surface area contributed by atoms with Crippen molar-refractivity contribution in [3.05, 3.63) is 287 Å². The molecular weight excluding hydrogens is 1860 g/mol. The van der Waals surface area contributed by atoms with Crippen molar-refractivity contribution in [2.45, 2.75) is 148 Å². The third-order valence-corrected chi connectivity index (χ3v) is 24.3. The molecule has 0 atom stereocenters. The minimum atomic E-state index is -1.07. The lowest BCUT2D eigenvalue weighted by Gasteiger charge is -2.33. The van der Waals surface area contributed by atoms with Gasteiger partial charge in [-0.25, -0.2) is 0 Å². The number of hydrogen-bond donors (Lipinski definition) is 2. The largest absolute Gasteiger partial charge is 0.469 e. The van der Waals surface area contributed by atoms with Crippen molar-refractivity contribution >= 4 is 23.7 Å². The summed E-state index contributed by atoms with van der Waals surface area (Å²) in [7, 11) is 1.19. The van der Waals surface area contributed by atoms with Crippen LogP contribution in [0.25, 0.3) is 0 Å². The van der Waals surface area contributed by atoms with E-state index in [0.29, 0.717) is 0 Å². The van der Waals surface area contributed by atoms with Crippen LogP contribution in [0.1, 0.15) is 108 Å². The summed E-state index contributed by atoms with van der Waals surface area (Å²) in [5.41, 5.74) is 6.80. The summed E-state index contributed by atoms with van der Waals surface area (Å²) in [6, 6.07) is 74.5. The molecule has 0 aliphatic carbocycles. The fourth-order valence-corrected chi connectivity index (χ4v) is 16.5. The van der Waals surface area contributed by atoms with Gasteiger partial charge in [0, 0.05) is 50.9 Å². The normalized spacial score (nSPS) is 26.2. The summed E-state index contributed by atoms with van der Waals surface area (Å²) in [6.07, 6.45) is -13.5.